The van der Waals surface area contributed by atoms with Gasteiger partial charge in [-0.05, 0) is 50.3 Å². The zero-order valence-corrected chi connectivity index (χ0v) is 16.7. The number of rotatable bonds is 8. The number of carbonyl (C=O) groups excluding carboxylic acids is 1. The number of benzene rings is 2. The van der Waals surface area contributed by atoms with Gasteiger partial charge in [-0.25, -0.2) is 0 Å². The number of carbonyl (C=O) groups is 1. The highest BCUT2D eigenvalue weighted by Gasteiger charge is 2.14. The minimum Gasteiger partial charge on any atom is -0.497 e. The van der Waals surface area contributed by atoms with Gasteiger partial charge < -0.3 is 19.5 Å². The Hall–Kier alpha value is -3.17. The van der Waals surface area contributed by atoms with Crippen LogP contribution in [0.25, 0.3) is 6.08 Å². The van der Waals surface area contributed by atoms with Crippen molar-refractivity contribution in [1.29, 1.82) is 5.26 Å². The van der Waals surface area contributed by atoms with Gasteiger partial charge in [0.15, 0.2) is 0 Å². The molecule has 0 aliphatic rings. The average molecular weight is 401 g/mol. The SMILES string of the molecule is CCOc1cc(OCC)c(/C=C(\C#N)C(=O)Nc2ccc(OC)cc2)cc1Cl. The Morgan fingerprint density at radius 2 is 1.79 bits per heavy atom. The molecule has 0 aliphatic heterocycles. The Morgan fingerprint density at radius 1 is 1.14 bits per heavy atom. The number of hydrogen-bond acceptors (Lipinski definition) is 5. The van der Waals surface area contributed by atoms with Gasteiger partial charge in [0.2, 0.25) is 0 Å². The molecule has 1 amide bonds. The summed E-state index contributed by atoms with van der Waals surface area (Å²) in [6.45, 7) is 4.55. The molecular weight excluding hydrogens is 380 g/mol. The molecule has 0 radical (unpaired) electrons. The van der Waals surface area contributed by atoms with Crippen molar-refractivity contribution in [3.63, 3.8) is 0 Å². The first-order valence-electron chi connectivity index (χ1n) is 8.68. The van der Waals surface area contributed by atoms with Crippen molar-refractivity contribution in [2.24, 2.45) is 0 Å². The molecule has 28 heavy (non-hydrogen) atoms. The predicted octanol–water partition coefficient (Wildman–Crippen LogP) is 4.69. The predicted molar refractivity (Wildman–Crippen MR) is 109 cm³/mol. The number of anilines is 1. The van der Waals surface area contributed by atoms with E-state index in [1.54, 1.807) is 43.5 Å². The summed E-state index contributed by atoms with van der Waals surface area (Å²) in [5.41, 5.74) is 0.968. The molecule has 0 saturated heterocycles. The summed E-state index contributed by atoms with van der Waals surface area (Å²) in [6, 6.07) is 12.0. The van der Waals surface area contributed by atoms with Crippen molar-refractivity contribution < 1.29 is 19.0 Å². The van der Waals surface area contributed by atoms with E-state index >= 15 is 0 Å². The van der Waals surface area contributed by atoms with Gasteiger partial charge in [-0.15, -0.1) is 0 Å². The highest BCUT2D eigenvalue weighted by atomic mass is 35.5. The Balaban J connectivity index is 2.32. The van der Waals surface area contributed by atoms with Crippen molar-refractivity contribution in [2.45, 2.75) is 13.8 Å². The molecule has 0 bridgehead atoms. The average Bonchev–Trinajstić information content (AvgIpc) is 2.70. The van der Waals surface area contributed by atoms with E-state index < -0.39 is 5.91 Å². The fraction of sp³-hybridized carbons (Fsp3) is 0.238. The van der Waals surface area contributed by atoms with Crippen LogP contribution in [0, 0.1) is 11.3 Å². The van der Waals surface area contributed by atoms with Crippen LogP contribution < -0.4 is 19.5 Å². The minimum atomic E-state index is -0.542. The van der Waals surface area contributed by atoms with Gasteiger partial charge in [0.1, 0.15) is 28.9 Å². The van der Waals surface area contributed by atoms with Crippen LogP contribution in [0.1, 0.15) is 19.4 Å². The number of halogens is 1. The summed E-state index contributed by atoms with van der Waals surface area (Å²) in [6.07, 6.45) is 1.44. The summed E-state index contributed by atoms with van der Waals surface area (Å²) in [4.78, 5) is 12.5. The van der Waals surface area contributed by atoms with E-state index in [4.69, 9.17) is 25.8 Å². The standard InChI is InChI=1S/C21H21ClN2O4/c1-4-27-19-12-20(28-5-2)18(22)11-14(19)10-15(13-23)21(25)24-16-6-8-17(26-3)9-7-16/h6-12H,4-5H2,1-3H3,(H,24,25)/b15-10+. The molecule has 6 nitrogen and oxygen atoms in total. The van der Waals surface area contributed by atoms with Crippen LogP contribution in [-0.2, 0) is 4.79 Å². The Morgan fingerprint density at radius 3 is 2.36 bits per heavy atom. The van der Waals surface area contributed by atoms with Gasteiger partial charge >= 0.3 is 0 Å². The Labute approximate surface area is 169 Å². The van der Waals surface area contributed by atoms with Crippen LogP contribution in [0.15, 0.2) is 42.0 Å². The first-order valence-corrected chi connectivity index (χ1v) is 9.06. The summed E-state index contributed by atoms with van der Waals surface area (Å²) >= 11 is 6.24. The van der Waals surface area contributed by atoms with Crippen LogP contribution in [0.5, 0.6) is 17.2 Å². The van der Waals surface area contributed by atoms with Crippen molar-refractivity contribution in [3.05, 3.63) is 52.6 Å². The maximum atomic E-state index is 12.5. The monoisotopic (exact) mass is 400 g/mol. The summed E-state index contributed by atoms with van der Waals surface area (Å²) in [7, 11) is 1.56. The largest absolute Gasteiger partial charge is 0.497 e. The second kappa shape index (κ2) is 10.2. The van der Waals surface area contributed by atoms with Gasteiger partial charge in [-0.3, -0.25) is 4.79 Å². The second-order valence-electron chi connectivity index (χ2n) is 5.54. The lowest BCUT2D eigenvalue weighted by molar-refractivity contribution is -0.112. The molecule has 0 saturated carbocycles. The molecular formula is C21H21ClN2O4. The van der Waals surface area contributed by atoms with Gasteiger partial charge in [-0.2, -0.15) is 5.26 Å². The van der Waals surface area contributed by atoms with E-state index in [0.717, 1.165) is 0 Å². The van der Waals surface area contributed by atoms with Crippen LogP contribution in [0.2, 0.25) is 5.02 Å². The first kappa shape index (κ1) is 21.1. The molecule has 0 aliphatic carbocycles. The van der Waals surface area contributed by atoms with E-state index in [-0.39, 0.29) is 5.57 Å². The lowest BCUT2D eigenvalue weighted by Crippen LogP contribution is -2.13. The number of nitrogens with zero attached hydrogens (tertiary/aromatic N) is 1. The molecule has 2 aromatic carbocycles. The quantitative estimate of drug-likeness (QED) is 0.513. The highest BCUT2D eigenvalue weighted by molar-refractivity contribution is 6.32. The van der Waals surface area contributed by atoms with Gasteiger partial charge in [0.25, 0.3) is 5.91 Å². The third kappa shape index (κ3) is 5.41. The topological polar surface area (TPSA) is 80.6 Å². The summed E-state index contributed by atoms with van der Waals surface area (Å²) < 4.78 is 16.2. The fourth-order valence-corrected chi connectivity index (χ4v) is 2.61. The summed E-state index contributed by atoms with van der Waals surface area (Å²) in [5.74, 6) is 1.07. The lowest BCUT2D eigenvalue weighted by Gasteiger charge is -2.12. The molecule has 1 N–H and O–H groups in total. The summed E-state index contributed by atoms with van der Waals surface area (Å²) in [5, 5.41) is 12.5. The van der Waals surface area contributed by atoms with E-state index in [0.29, 0.717) is 46.7 Å². The highest BCUT2D eigenvalue weighted by Crippen LogP contribution is 2.34. The van der Waals surface area contributed by atoms with Crippen LogP contribution in [0.3, 0.4) is 0 Å². The number of nitrogens with one attached hydrogen (secondary N) is 1. The molecule has 0 unspecified atom stereocenters. The van der Waals surface area contributed by atoms with Crippen molar-refractivity contribution in [2.75, 3.05) is 25.6 Å². The smallest absolute Gasteiger partial charge is 0.266 e. The van der Waals surface area contributed by atoms with Gasteiger partial charge in [-0.1, -0.05) is 11.6 Å². The molecule has 0 heterocycles. The molecule has 2 rings (SSSR count). The van der Waals surface area contributed by atoms with E-state index in [2.05, 4.69) is 5.32 Å². The molecule has 0 atom stereocenters. The first-order chi connectivity index (χ1) is 13.5. The number of methoxy groups -OCH3 is 1. The third-order valence-corrected chi connectivity index (χ3v) is 3.97. The number of ether oxygens (including phenoxy) is 3. The molecule has 2 aromatic rings. The molecule has 7 heteroatoms. The zero-order valence-electron chi connectivity index (χ0n) is 15.9. The van der Waals surface area contributed by atoms with Crippen LogP contribution in [0.4, 0.5) is 5.69 Å². The van der Waals surface area contributed by atoms with Crippen molar-refractivity contribution in [1.82, 2.24) is 0 Å². The van der Waals surface area contributed by atoms with Crippen LogP contribution in [-0.4, -0.2) is 26.2 Å². The van der Waals surface area contributed by atoms with Crippen molar-refractivity contribution in [3.8, 4) is 23.3 Å². The molecule has 0 fully saturated rings. The van der Waals surface area contributed by atoms with Gasteiger partial charge in [0.05, 0.1) is 25.3 Å². The van der Waals surface area contributed by atoms with Gasteiger partial charge in [0, 0.05) is 17.3 Å². The maximum Gasteiger partial charge on any atom is 0.266 e. The fourth-order valence-electron chi connectivity index (χ4n) is 2.39. The molecule has 0 aromatic heterocycles. The third-order valence-electron chi connectivity index (χ3n) is 3.68. The second-order valence-corrected chi connectivity index (χ2v) is 5.95. The number of nitriles is 1. The zero-order chi connectivity index (χ0) is 20.5. The maximum absolute atomic E-state index is 12.5. The Bertz CT molecular complexity index is 902. The number of amides is 1. The van der Waals surface area contributed by atoms with Crippen LogP contribution >= 0.6 is 11.6 Å². The van der Waals surface area contributed by atoms with Crippen molar-refractivity contribution >= 4 is 29.3 Å². The van der Waals surface area contributed by atoms with E-state index in [1.807, 2.05) is 19.9 Å². The minimum absolute atomic E-state index is 0.0861. The van der Waals surface area contributed by atoms with E-state index in [1.165, 1.54) is 6.08 Å². The van der Waals surface area contributed by atoms with E-state index in [9.17, 15) is 10.1 Å². The molecule has 146 valence electrons. The lowest BCUT2D eigenvalue weighted by atomic mass is 10.1. The molecule has 0 spiro atoms. The number of hydrogen-bond donors (Lipinski definition) is 1. The normalized spacial score (nSPS) is 10.8. The Kier molecular flexibility index (Phi) is 7.73.